The van der Waals surface area contributed by atoms with E-state index in [0.29, 0.717) is 29.3 Å². The molecular weight excluding hydrogens is 396 g/mol. The number of hydrogen-bond donors (Lipinski definition) is 3. The molecule has 0 fully saturated rings. The van der Waals surface area contributed by atoms with Gasteiger partial charge >= 0.3 is 6.09 Å². The van der Waals surface area contributed by atoms with Gasteiger partial charge in [-0.25, -0.2) is 17.9 Å². The molecule has 0 aliphatic rings. The summed E-state index contributed by atoms with van der Waals surface area (Å²) in [6, 6.07) is 10.4. The standard InChI is InChI=1S/C17H17ClN2O6S/c1-26-15-7-4-12(18)10-14(15)16(21)19-9-8-11-2-5-13(6-3-11)27(24,25)20-17(22)23/h2-7,10,20H,8-9H2,1H3,(H,19,21)(H,22,23). The van der Waals surface area contributed by atoms with Gasteiger partial charge in [0.2, 0.25) is 0 Å². The van der Waals surface area contributed by atoms with Crippen LogP contribution in [0, 0.1) is 0 Å². The number of nitrogens with one attached hydrogen (secondary N) is 2. The lowest BCUT2D eigenvalue weighted by molar-refractivity contribution is 0.0951. The second-order valence-corrected chi connectivity index (χ2v) is 7.52. The van der Waals surface area contributed by atoms with Gasteiger partial charge in [0.1, 0.15) is 5.75 Å². The molecular formula is C17H17ClN2O6S. The second kappa shape index (κ2) is 8.74. The van der Waals surface area contributed by atoms with Crippen LogP contribution in [0.2, 0.25) is 5.02 Å². The van der Waals surface area contributed by atoms with E-state index in [0.717, 1.165) is 5.56 Å². The first kappa shape index (κ1) is 20.5. The third-order valence-corrected chi connectivity index (χ3v) is 5.13. The van der Waals surface area contributed by atoms with E-state index in [1.54, 1.807) is 24.3 Å². The van der Waals surface area contributed by atoms with Crippen LogP contribution in [0.3, 0.4) is 0 Å². The van der Waals surface area contributed by atoms with Crippen LogP contribution >= 0.6 is 11.6 Å². The summed E-state index contributed by atoms with van der Waals surface area (Å²) in [6.07, 6.45) is -1.21. The fraction of sp³-hybridized carbons (Fsp3) is 0.176. The van der Waals surface area contributed by atoms with Crippen molar-refractivity contribution in [2.24, 2.45) is 0 Å². The second-order valence-electron chi connectivity index (χ2n) is 5.41. The van der Waals surface area contributed by atoms with Crippen molar-refractivity contribution in [3.05, 3.63) is 58.6 Å². The zero-order valence-corrected chi connectivity index (χ0v) is 15.8. The molecule has 0 heterocycles. The molecule has 2 aromatic carbocycles. The molecule has 0 saturated heterocycles. The smallest absolute Gasteiger partial charge is 0.418 e. The number of benzene rings is 2. The molecule has 0 atom stereocenters. The molecule has 0 aliphatic carbocycles. The van der Waals surface area contributed by atoms with E-state index in [4.69, 9.17) is 21.4 Å². The minimum absolute atomic E-state index is 0.165. The molecule has 10 heteroatoms. The molecule has 0 spiro atoms. The Hall–Kier alpha value is -2.78. The van der Waals surface area contributed by atoms with Crippen molar-refractivity contribution in [3.8, 4) is 5.75 Å². The average Bonchev–Trinajstić information content (AvgIpc) is 2.61. The summed E-state index contributed by atoms with van der Waals surface area (Å²) in [4.78, 5) is 22.6. The highest BCUT2D eigenvalue weighted by molar-refractivity contribution is 7.90. The molecule has 2 aromatic rings. The highest BCUT2D eigenvalue weighted by Crippen LogP contribution is 2.22. The lowest BCUT2D eigenvalue weighted by atomic mass is 10.1. The summed E-state index contributed by atoms with van der Waals surface area (Å²) < 4.78 is 30.1. The molecule has 3 N–H and O–H groups in total. The van der Waals surface area contributed by atoms with E-state index in [-0.39, 0.29) is 10.8 Å². The number of hydrogen-bond acceptors (Lipinski definition) is 5. The minimum Gasteiger partial charge on any atom is -0.496 e. The van der Waals surface area contributed by atoms with E-state index in [9.17, 15) is 18.0 Å². The topological polar surface area (TPSA) is 122 Å². The molecule has 0 saturated carbocycles. The van der Waals surface area contributed by atoms with Crippen molar-refractivity contribution in [2.45, 2.75) is 11.3 Å². The summed E-state index contributed by atoms with van der Waals surface area (Å²) in [5.74, 6) is 0.0524. The maximum Gasteiger partial charge on any atom is 0.418 e. The lowest BCUT2D eigenvalue weighted by Gasteiger charge is -2.10. The molecule has 8 nitrogen and oxygen atoms in total. The number of amides is 2. The predicted octanol–water partition coefficient (Wildman–Crippen LogP) is 2.28. The molecule has 2 rings (SSSR count). The third kappa shape index (κ3) is 5.60. The fourth-order valence-corrected chi connectivity index (χ4v) is 3.30. The molecule has 0 radical (unpaired) electrons. The molecule has 27 heavy (non-hydrogen) atoms. The molecule has 0 aromatic heterocycles. The van der Waals surface area contributed by atoms with Crippen molar-refractivity contribution in [1.29, 1.82) is 0 Å². The zero-order valence-electron chi connectivity index (χ0n) is 14.2. The van der Waals surface area contributed by atoms with Crippen LogP contribution in [0.5, 0.6) is 5.75 Å². The molecule has 144 valence electrons. The lowest BCUT2D eigenvalue weighted by Crippen LogP contribution is -2.28. The van der Waals surface area contributed by atoms with Crippen LogP contribution in [0.1, 0.15) is 15.9 Å². The SMILES string of the molecule is COc1ccc(Cl)cc1C(=O)NCCc1ccc(S(=O)(=O)NC(=O)O)cc1. The van der Waals surface area contributed by atoms with Crippen LogP contribution in [-0.2, 0) is 16.4 Å². The van der Waals surface area contributed by atoms with Crippen molar-refractivity contribution >= 4 is 33.6 Å². The Morgan fingerprint density at radius 3 is 2.41 bits per heavy atom. The van der Waals surface area contributed by atoms with Crippen LogP contribution < -0.4 is 14.8 Å². The number of rotatable bonds is 7. The van der Waals surface area contributed by atoms with Gasteiger partial charge < -0.3 is 15.2 Å². The first-order chi connectivity index (χ1) is 12.7. The number of halogens is 1. The maximum atomic E-state index is 12.3. The maximum absolute atomic E-state index is 12.3. The van der Waals surface area contributed by atoms with Crippen LogP contribution in [0.15, 0.2) is 47.4 Å². The summed E-state index contributed by atoms with van der Waals surface area (Å²) in [6.45, 7) is 0.300. The van der Waals surface area contributed by atoms with Crippen molar-refractivity contribution in [2.75, 3.05) is 13.7 Å². The molecule has 0 bridgehead atoms. The fourth-order valence-electron chi connectivity index (χ4n) is 2.28. The normalized spacial score (nSPS) is 10.9. The van der Waals surface area contributed by atoms with Gasteiger partial charge in [-0.3, -0.25) is 4.79 Å². The largest absolute Gasteiger partial charge is 0.496 e. The molecule has 0 aliphatic heterocycles. The minimum atomic E-state index is -4.10. The van der Waals surface area contributed by atoms with Crippen molar-refractivity contribution in [3.63, 3.8) is 0 Å². The number of methoxy groups -OCH3 is 1. The first-order valence-electron chi connectivity index (χ1n) is 7.69. The summed E-state index contributed by atoms with van der Waals surface area (Å²) in [5, 5.41) is 11.7. The Balaban J connectivity index is 1.97. The predicted molar refractivity (Wildman–Crippen MR) is 98.8 cm³/mol. The first-order valence-corrected chi connectivity index (χ1v) is 9.55. The van der Waals surface area contributed by atoms with E-state index < -0.39 is 16.1 Å². The summed E-state index contributed by atoms with van der Waals surface area (Å²) >= 11 is 5.90. The number of carbonyl (C=O) groups excluding carboxylic acids is 1. The van der Waals surface area contributed by atoms with Crippen LogP contribution in [0.4, 0.5) is 4.79 Å². The van der Waals surface area contributed by atoms with Gasteiger partial charge in [0.15, 0.2) is 0 Å². The van der Waals surface area contributed by atoms with Crippen LogP contribution in [-0.4, -0.2) is 39.2 Å². The average molecular weight is 413 g/mol. The third-order valence-electron chi connectivity index (χ3n) is 3.56. The summed E-state index contributed by atoms with van der Waals surface area (Å²) in [5.41, 5.74) is 1.08. The van der Waals surface area contributed by atoms with E-state index in [1.165, 1.54) is 30.0 Å². The van der Waals surface area contributed by atoms with E-state index in [2.05, 4.69) is 5.32 Å². The van der Waals surface area contributed by atoms with E-state index >= 15 is 0 Å². The number of carbonyl (C=O) groups is 2. The van der Waals surface area contributed by atoms with Crippen molar-refractivity contribution in [1.82, 2.24) is 10.0 Å². The van der Waals surface area contributed by atoms with Gasteiger partial charge in [-0.1, -0.05) is 23.7 Å². The molecule has 0 unspecified atom stereocenters. The Bertz CT molecular complexity index is 944. The van der Waals surface area contributed by atoms with Gasteiger partial charge in [0.25, 0.3) is 15.9 Å². The van der Waals surface area contributed by atoms with Gasteiger partial charge in [0, 0.05) is 11.6 Å². The monoisotopic (exact) mass is 412 g/mol. The molecule has 2 amide bonds. The number of carboxylic acid groups (broad SMARTS) is 1. The highest BCUT2D eigenvalue weighted by Gasteiger charge is 2.16. The van der Waals surface area contributed by atoms with Gasteiger partial charge in [-0.05, 0) is 42.3 Å². The van der Waals surface area contributed by atoms with Crippen molar-refractivity contribution < 1.29 is 27.9 Å². The van der Waals surface area contributed by atoms with Gasteiger partial charge in [0.05, 0.1) is 17.6 Å². The zero-order chi connectivity index (χ0) is 20.0. The Morgan fingerprint density at radius 1 is 1.15 bits per heavy atom. The quantitative estimate of drug-likeness (QED) is 0.641. The van der Waals surface area contributed by atoms with E-state index in [1.807, 2.05) is 0 Å². The highest BCUT2D eigenvalue weighted by atomic mass is 35.5. The number of sulfonamides is 1. The van der Waals surface area contributed by atoms with Gasteiger partial charge in [-0.15, -0.1) is 0 Å². The van der Waals surface area contributed by atoms with Crippen LogP contribution in [0.25, 0.3) is 0 Å². The van der Waals surface area contributed by atoms with Gasteiger partial charge in [-0.2, -0.15) is 0 Å². The summed E-state index contributed by atoms with van der Waals surface area (Å²) in [7, 11) is -2.65. The Morgan fingerprint density at radius 2 is 1.81 bits per heavy atom. The number of ether oxygens (including phenoxy) is 1. The Labute approximate surface area is 161 Å². The Kier molecular flexibility index (Phi) is 6.65.